The highest BCUT2D eigenvalue weighted by atomic mass is 16.3. The van der Waals surface area contributed by atoms with Crippen LogP contribution in [-0.2, 0) is 9.59 Å². The standard InChI is InChI=1S/C18H20N2O3/c1-4-20(15-7-5-6-13(2)12-15)18(23)17(22)19(3)14-8-10-16(21)11-9-14/h5-12,21H,4H2,1-3H3. The van der Waals surface area contributed by atoms with Gasteiger partial charge in [0.1, 0.15) is 5.75 Å². The van der Waals surface area contributed by atoms with E-state index in [0.29, 0.717) is 17.9 Å². The van der Waals surface area contributed by atoms with Crippen LogP contribution >= 0.6 is 0 Å². The van der Waals surface area contributed by atoms with Crippen molar-refractivity contribution < 1.29 is 14.7 Å². The van der Waals surface area contributed by atoms with Gasteiger partial charge in [0.2, 0.25) is 0 Å². The summed E-state index contributed by atoms with van der Waals surface area (Å²) in [5, 5.41) is 9.31. The van der Waals surface area contributed by atoms with E-state index in [1.807, 2.05) is 38.1 Å². The first-order valence-corrected chi connectivity index (χ1v) is 7.39. The fourth-order valence-electron chi connectivity index (χ4n) is 2.29. The predicted molar refractivity (Wildman–Crippen MR) is 90.7 cm³/mol. The number of carbonyl (C=O) groups is 2. The van der Waals surface area contributed by atoms with Gasteiger partial charge in [0.05, 0.1) is 0 Å². The summed E-state index contributed by atoms with van der Waals surface area (Å²) >= 11 is 0. The molecule has 0 spiro atoms. The van der Waals surface area contributed by atoms with Crippen molar-refractivity contribution in [1.29, 1.82) is 0 Å². The van der Waals surface area contributed by atoms with Crippen LogP contribution in [0.2, 0.25) is 0 Å². The molecule has 0 radical (unpaired) electrons. The molecule has 2 rings (SSSR count). The first-order valence-electron chi connectivity index (χ1n) is 7.39. The van der Waals surface area contributed by atoms with Gasteiger partial charge in [-0.3, -0.25) is 9.59 Å². The van der Waals surface area contributed by atoms with Gasteiger partial charge in [-0.05, 0) is 55.8 Å². The number of aryl methyl sites for hydroxylation is 1. The molecule has 0 atom stereocenters. The van der Waals surface area contributed by atoms with Crippen molar-refractivity contribution in [1.82, 2.24) is 0 Å². The Morgan fingerprint density at radius 3 is 2.22 bits per heavy atom. The van der Waals surface area contributed by atoms with Crippen LogP contribution in [0.4, 0.5) is 11.4 Å². The lowest BCUT2D eigenvalue weighted by molar-refractivity contribution is -0.135. The second-order valence-electron chi connectivity index (χ2n) is 5.27. The maximum Gasteiger partial charge on any atom is 0.316 e. The van der Waals surface area contributed by atoms with Gasteiger partial charge in [-0.2, -0.15) is 0 Å². The van der Waals surface area contributed by atoms with E-state index in [4.69, 9.17) is 0 Å². The summed E-state index contributed by atoms with van der Waals surface area (Å²) in [6.45, 7) is 4.16. The van der Waals surface area contributed by atoms with Crippen LogP contribution in [0.3, 0.4) is 0 Å². The van der Waals surface area contributed by atoms with E-state index < -0.39 is 11.8 Å². The smallest absolute Gasteiger partial charge is 0.316 e. The molecule has 0 aliphatic rings. The molecular formula is C18H20N2O3. The number of phenolic OH excluding ortho intramolecular Hbond substituents is 1. The molecule has 0 aliphatic heterocycles. The van der Waals surface area contributed by atoms with Crippen LogP contribution in [0.15, 0.2) is 48.5 Å². The van der Waals surface area contributed by atoms with Crippen molar-refractivity contribution in [3.8, 4) is 5.75 Å². The molecule has 2 aromatic rings. The van der Waals surface area contributed by atoms with Crippen molar-refractivity contribution in [2.75, 3.05) is 23.4 Å². The molecule has 2 amide bonds. The van der Waals surface area contributed by atoms with Gasteiger partial charge in [-0.15, -0.1) is 0 Å². The number of nitrogens with zero attached hydrogens (tertiary/aromatic N) is 2. The molecular weight excluding hydrogens is 292 g/mol. The van der Waals surface area contributed by atoms with E-state index in [2.05, 4.69) is 0 Å². The monoisotopic (exact) mass is 312 g/mol. The van der Waals surface area contributed by atoms with Crippen LogP contribution < -0.4 is 9.80 Å². The van der Waals surface area contributed by atoms with Crippen LogP contribution in [0.1, 0.15) is 12.5 Å². The number of anilines is 2. The van der Waals surface area contributed by atoms with E-state index in [1.165, 1.54) is 29.0 Å². The summed E-state index contributed by atoms with van der Waals surface area (Å²) in [6, 6.07) is 13.6. The van der Waals surface area contributed by atoms with Gasteiger partial charge in [-0.25, -0.2) is 0 Å². The fraction of sp³-hybridized carbons (Fsp3) is 0.222. The van der Waals surface area contributed by atoms with Gasteiger partial charge in [0.15, 0.2) is 0 Å². The van der Waals surface area contributed by atoms with Gasteiger partial charge in [0, 0.05) is 25.0 Å². The molecule has 5 heteroatoms. The molecule has 0 bridgehead atoms. The van der Waals surface area contributed by atoms with E-state index in [0.717, 1.165) is 5.56 Å². The summed E-state index contributed by atoms with van der Waals surface area (Å²) in [7, 11) is 1.54. The van der Waals surface area contributed by atoms with Gasteiger partial charge >= 0.3 is 11.8 Å². The molecule has 0 unspecified atom stereocenters. The Balaban J connectivity index is 2.23. The molecule has 0 saturated carbocycles. The lowest BCUT2D eigenvalue weighted by Crippen LogP contribution is -2.44. The van der Waals surface area contributed by atoms with Crippen LogP contribution in [0, 0.1) is 6.92 Å². The number of benzene rings is 2. The number of carbonyl (C=O) groups excluding carboxylic acids is 2. The largest absolute Gasteiger partial charge is 0.508 e. The normalized spacial score (nSPS) is 10.2. The van der Waals surface area contributed by atoms with Crippen molar-refractivity contribution in [3.63, 3.8) is 0 Å². The molecule has 0 aliphatic carbocycles. The molecule has 5 nitrogen and oxygen atoms in total. The molecule has 23 heavy (non-hydrogen) atoms. The molecule has 2 aromatic carbocycles. The SMILES string of the molecule is CCN(C(=O)C(=O)N(C)c1ccc(O)cc1)c1cccc(C)c1. The zero-order valence-electron chi connectivity index (χ0n) is 13.5. The maximum absolute atomic E-state index is 12.6. The van der Waals surface area contributed by atoms with Crippen LogP contribution in [0.5, 0.6) is 5.75 Å². The van der Waals surface area contributed by atoms with Gasteiger partial charge in [0.25, 0.3) is 0 Å². The molecule has 0 saturated heterocycles. The zero-order valence-corrected chi connectivity index (χ0v) is 13.5. The summed E-state index contributed by atoms with van der Waals surface area (Å²) < 4.78 is 0. The highest BCUT2D eigenvalue weighted by Gasteiger charge is 2.26. The minimum Gasteiger partial charge on any atom is -0.508 e. The number of hydrogen-bond donors (Lipinski definition) is 1. The fourth-order valence-corrected chi connectivity index (χ4v) is 2.29. The second-order valence-corrected chi connectivity index (χ2v) is 5.27. The predicted octanol–water partition coefficient (Wildman–Crippen LogP) is 2.72. The number of amides is 2. The van der Waals surface area contributed by atoms with E-state index >= 15 is 0 Å². The van der Waals surface area contributed by atoms with Crippen molar-refractivity contribution in [3.05, 3.63) is 54.1 Å². The average Bonchev–Trinajstić information content (AvgIpc) is 2.55. The average molecular weight is 312 g/mol. The Kier molecular flexibility index (Phi) is 5.01. The lowest BCUT2D eigenvalue weighted by atomic mass is 10.2. The van der Waals surface area contributed by atoms with Crippen molar-refractivity contribution >= 4 is 23.2 Å². The summed E-state index contributed by atoms with van der Waals surface area (Å²) in [5.74, 6) is -1.11. The third-order valence-corrected chi connectivity index (χ3v) is 3.60. The summed E-state index contributed by atoms with van der Waals surface area (Å²) in [5.41, 5.74) is 2.26. The highest BCUT2D eigenvalue weighted by Crippen LogP contribution is 2.20. The number of phenols is 1. The molecule has 0 aromatic heterocycles. The van der Waals surface area contributed by atoms with E-state index in [-0.39, 0.29) is 5.75 Å². The maximum atomic E-state index is 12.6. The topological polar surface area (TPSA) is 60.9 Å². The second kappa shape index (κ2) is 6.96. The Bertz CT molecular complexity index is 710. The summed E-state index contributed by atoms with van der Waals surface area (Å²) in [6.07, 6.45) is 0. The Morgan fingerprint density at radius 1 is 1.00 bits per heavy atom. The quantitative estimate of drug-likeness (QED) is 0.887. The molecule has 1 N–H and O–H groups in total. The Labute approximate surface area is 135 Å². The third-order valence-electron chi connectivity index (χ3n) is 3.60. The third kappa shape index (κ3) is 3.69. The van der Waals surface area contributed by atoms with Crippen molar-refractivity contribution in [2.45, 2.75) is 13.8 Å². The summed E-state index contributed by atoms with van der Waals surface area (Å²) in [4.78, 5) is 27.7. The molecule has 0 heterocycles. The van der Waals surface area contributed by atoms with Crippen molar-refractivity contribution in [2.24, 2.45) is 0 Å². The number of aromatic hydroxyl groups is 1. The number of likely N-dealkylation sites (N-methyl/N-ethyl adjacent to an activating group) is 2. The van der Waals surface area contributed by atoms with E-state index in [1.54, 1.807) is 12.1 Å². The zero-order chi connectivity index (χ0) is 17.0. The number of hydrogen-bond acceptors (Lipinski definition) is 3. The minimum atomic E-state index is -0.626. The Hall–Kier alpha value is -2.82. The molecule has 0 fully saturated rings. The van der Waals surface area contributed by atoms with Gasteiger partial charge in [-0.1, -0.05) is 12.1 Å². The Morgan fingerprint density at radius 2 is 1.65 bits per heavy atom. The first kappa shape index (κ1) is 16.5. The van der Waals surface area contributed by atoms with Crippen LogP contribution in [-0.4, -0.2) is 30.5 Å². The van der Waals surface area contributed by atoms with E-state index in [9.17, 15) is 14.7 Å². The lowest BCUT2D eigenvalue weighted by Gasteiger charge is -2.24. The first-order chi connectivity index (χ1) is 10.9. The molecule has 120 valence electrons. The van der Waals surface area contributed by atoms with Crippen LogP contribution in [0.25, 0.3) is 0 Å². The minimum absolute atomic E-state index is 0.107. The highest BCUT2D eigenvalue weighted by molar-refractivity contribution is 6.44. The van der Waals surface area contributed by atoms with Gasteiger partial charge < -0.3 is 14.9 Å². The number of rotatable bonds is 3.